The van der Waals surface area contributed by atoms with Crippen molar-refractivity contribution in [2.24, 2.45) is 0 Å². The zero-order valence-electron chi connectivity index (χ0n) is 13.9. The first-order valence-electron chi connectivity index (χ1n) is 7.57. The molecule has 0 aliphatic rings. The van der Waals surface area contributed by atoms with Gasteiger partial charge in [-0.15, -0.1) is 0 Å². The van der Waals surface area contributed by atoms with Gasteiger partial charge in [0.15, 0.2) is 5.13 Å². The summed E-state index contributed by atoms with van der Waals surface area (Å²) in [6.45, 7) is 2.92. The van der Waals surface area contributed by atoms with Crippen LogP contribution in [0.5, 0.6) is 0 Å². The lowest BCUT2D eigenvalue weighted by Gasteiger charge is -2.08. The van der Waals surface area contributed by atoms with Gasteiger partial charge >= 0.3 is 6.03 Å². The van der Waals surface area contributed by atoms with E-state index in [0.717, 1.165) is 16.9 Å². The lowest BCUT2D eigenvalue weighted by molar-refractivity contribution is 0.103. The third-order valence-corrected chi connectivity index (χ3v) is 4.45. The first kappa shape index (κ1) is 19.2. The second-order valence-electron chi connectivity index (χ2n) is 5.14. The van der Waals surface area contributed by atoms with Crippen LogP contribution in [0.1, 0.15) is 21.7 Å². The molecule has 0 aliphatic heterocycles. The number of carbonyl (C=O) groups excluding carboxylic acids is 2. The van der Waals surface area contributed by atoms with E-state index in [9.17, 15) is 9.59 Å². The fourth-order valence-electron chi connectivity index (χ4n) is 1.96. The van der Waals surface area contributed by atoms with Gasteiger partial charge in [-0.2, -0.15) is 0 Å². The number of urea groups is 1. The number of hydrogen-bond donors (Lipinski definition) is 3. The first-order valence-corrected chi connectivity index (χ1v) is 8.76. The number of rotatable bonds is 7. The van der Waals surface area contributed by atoms with Gasteiger partial charge in [0.2, 0.25) is 0 Å². The van der Waals surface area contributed by atoms with Gasteiger partial charge in [-0.05, 0) is 25.0 Å². The average Bonchev–Trinajstić information content (AvgIpc) is 3.03. The van der Waals surface area contributed by atoms with Crippen LogP contribution in [0.15, 0.2) is 24.4 Å². The highest BCUT2D eigenvalue weighted by molar-refractivity contribution is 7.17. The number of anilines is 2. The highest BCUT2D eigenvalue weighted by Crippen LogP contribution is 2.27. The van der Waals surface area contributed by atoms with Crippen molar-refractivity contribution in [3.63, 3.8) is 0 Å². The SMILES string of the molecule is COCCCNC(=O)Nc1ncc(C(=O)Nc2c(C)cccc2Cl)s1. The molecule has 0 fully saturated rings. The normalized spacial score (nSPS) is 10.4. The highest BCUT2D eigenvalue weighted by Gasteiger charge is 2.14. The van der Waals surface area contributed by atoms with E-state index >= 15 is 0 Å². The van der Waals surface area contributed by atoms with E-state index in [0.29, 0.717) is 40.3 Å². The number of halogens is 1. The molecule has 0 bridgehead atoms. The van der Waals surface area contributed by atoms with Gasteiger partial charge in [-0.25, -0.2) is 9.78 Å². The maximum absolute atomic E-state index is 12.3. The standard InChI is InChI=1S/C16H19ClN4O3S/c1-10-5-3-6-11(17)13(10)20-14(22)12-9-19-16(25-12)21-15(23)18-7-4-8-24-2/h3,5-6,9H,4,7-8H2,1-2H3,(H,20,22)(H2,18,19,21,23). The molecular formula is C16H19ClN4O3S. The summed E-state index contributed by atoms with van der Waals surface area (Å²) in [7, 11) is 1.60. The summed E-state index contributed by atoms with van der Waals surface area (Å²) in [6.07, 6.45) is 2.12. The van der Waals surface area contributed by atoms with Gasteiger partial charge in [0.1, 0.15) is 4.88 Å². The van der Waals surface area contributed by atoms with Crippen molar-refractivity contribution < 1.29 is 14.3 Å². The van der Waals surface area contributed by atoms with Crippen LogP contribution in [0, 0.1) is 6.92 Å². The van der Waals surface area contributed by atoms with Gasteiger partial charge in [0.25, 0.3) is 5.91 Å². The molecule has 0 atom stereocenters. The first-order chi connectivity index (χ1) is 12.0. The molecule has 3 N–H and O–H groups in total. The molecule has 134 valence electrons. The third-order valence-electron chi connectivity index (χ3n) is 3.22. The average molecular weight is 383 g/mol. The van der Waals surface area contributed by atoms with E-state index in [1.54, 1.807) is 13.2 Å². The molecule has 2 rings (SSSR count). The molecule has 1 heterocycles. The van der Waals surface area contributed by atoms with Crippen molar-refractivity contribution in [1.82, 2.24) is 10.3 Å². The van der Waals surface area contributed by atoms with Gasteiger partial charge < -0.3 is 15.4 Å². The number of carbonyl (C=O) groups is 2. The number of nitrogens with zero attached hydrogens (tertiary/aromatic N) is 1. The molecule has 0 saturated carbocycles. The minimum atomic E-state index is -0.376. The van der Waals surface area contributed by atoms with Crippen molar-refractivity contribution in [2.75, 3.05) is 30.9 Å². The predicted octanol–water partition coefficient (Wildman–Crippen LogP) is 3.52. The number of hydrogen-bond acceptors (Lipinski definition) is 5. The Morgan fingerprint density at radius 2 is 2.12 bits per heavy atom. The van der Waals surface area contributed by atoms with E-state index in [-0.39, 0.29) is 11.9 Å². The zero-order valence-corrected chi connectivity index (χ0v) is 15.5. The summed E-state index contributed by atoms with van der Waals surface area (Å²) in [5, 5.41) is 8.84. The molecule has 7 nitrogen and oxygen atoms in total. The number of para-hydroxylation sites is 1. The second-order valence-corrected chi connectivity index (χ2v) is 6.58. The Balaban J connectivity index is 1.92. The monoisotopic (exact) mass is 382 g/mol. The van der Waals surface area contributed by atoms with Crippen molar-refractivity contribution in [1.29, 1.82) is 0 Å². The molecule has 3 amide bonds. The van der Waals surface area contributed by atoms with Crippen LogP contribution in [0.2, 0.25) is 5.02 Å². The molecule has 0 unspecified atom stereocenters. The largest absolute Gasteiger partial charge is 0.385 e. The number of methoxy groups -OCH3 is 1. The van der Waals surface area contributed by atoms with Gasteiger partial charge in [-0.3, -0.25) is 10.1 Å². The van der Waals surface area contributed by atoms with Crippen LogP contribution < -0.4 is 16.0 Å². The summed E-state index contributed by atoms with van der Waals surface area (Å²) >= 11 is 7.19. The Bertz CT molecular complexity index is 730. The van der Waals surface area contributed by atoms with Gasteiger partial charge in [0.05, 0.1) is 16.9 Å². The fourth-order valence-corrected chi connectivity index (χ4v) is 2.94. The van der Waals surface area contributed by atoms with E-state index < -0.39 is 0 Å². The molecule has 9 heteroatoms. The van der Waals surface area contributed by atoms with Crippen LogP contribution in [0.25, 0.3) is 0 Å². The van der Waals surface area contributed by atoms with Crippen molar-refractivity contribution in [3.05, 3.63) is 39.9 Å². The highest BCUT2D eigenvalue weighted by atomic mass is 35.5. The van der Waals surface area contributed by atoms with Gasteiger partial charge in [0, 0.05) is 20.3 Å². The number of nitrogens with one attached hydrogen (secondary N) is 3. The Hall–Kier alpha value is -2.16. The minimum absolute atomic E-state index is 0.331. The Morgan fingerprint density at radius 1 is 1.32 bits per heavy atom. The molecule has 2 aromatic rings. The van der Waals surface area contributed by atoms with Crippen LogP contribution in [-0.4, -0.2) is 37.2 Å². The number of thiazole rings is 1. The van der Waals surface area contributed by atoms with Crippen molar-refractivity contribution >= 4 is 45.7 Å². The number of ether oxygens (including phenoxy) is 1. The molecule has 0 spiro atoms. The van der Waals surface area contributed by atoms with Crippen LogP contribution >= 0.6 is 22.9 Å². The summed E-state index contributed by atoms with van der Waals surface area (Å²) in [4.78, 5) is 28.4. The predicted molar refractivity (Wildman–Crippen MR) is 99.8 cm³/mol. The molecule has 0 saturated heterocycles. The van der Waals surface area contributed by atoms with Crippen LogP contribution in [0.4, 0.5) is 15.6 Å². The van der Waals surface area contributed by atoms with E-state index in [1.807, 2.05) is 19.1 Å². The zero-order chi connectivity index (χ0) is 18.2. The van der Waals surface area contributed by atoms with E-state index in [2.05, 4.69) is 20.9 Å². The summed E-state index contributed by atoms with van der Waals surface area (Å²) in [6, 6.07) is 5.00. The Kier molecular flexibility index (Phi) is 7.17. The number of aryl methyl sites for hydroxylation is 1. The quantitative estimate of drug-likeness (QED) is 0.639. The van der Waals surface area contributed by atoms with Crippen molar-refractivity contribution in [2.45, 2.75) is 13.3 Å². The fraction of sp³-hybridized carbons (Fsp3) is 0.312. The Morgan fingerprint density at radius 3 is 2.84 bits per heavy atom. The number of benzene rings is 1. The van der Waals surface area contributed by atoms with Crippen LogP contribution in [-0.2, 0) is 4.74 Å². The molecule has 1 aromatic carbocycles. The maximum Gasteiger partial charge on any atom is 0.321 e. The lowest BCUT2D eigenvalue weighted by Crippen LogP contribution is -2.29. The summed E-state index contributed by atoms with van der Waals surface area (Å²) in [5.74, 6) is -0.331. The summed E-state index contributed by atoms with van der Waals surface area (Å²) < 4.78 is 4.90. The van der Waals surface area contributed by atoms with E-state index in [4.69, 9.17) is 16.3 Å². The minimum Gasteiger partial charge on any atom is -0.385 e. The van der Waals surface area contributed by atoms with Crippen molar-refractivity contribution in [3.8, 4) is 0 Å². The molecule has 0 aliphatic carbocycles. The molecule has 1 aromatic heterocycles. The van der Waals surface area contributed by atoms with Crippen LogP contribution in [0.3, 0.4) is 0 Å². The van der Waals surface area contributed by atoms with Gasteiger partial charge in [-0.1, -0.05) is 35.1 Å². The van der Waals surface area contributed by atoms with E-state index in [1.165, 1.54) is 6.20 Å². The molecular weight excluding hydrogens is 364 g/mol. The maximum atomic E-state index is 12.3. The Labute approximate surface area is 154 Å². The molecule has 25 heavy (non-hydrogen) atoms. The number of amides is 3. The topological polar surface area (TPSA) is 92.3 Å². The second kappa shape index (κ2) is 9.36. The third kappa shape index (κ3) is 5.70. The molecule has 0 radical (unpaired) electrons. The summed E-state index contributed by atoms with van der Waals surface area (Å²) in [5.41, 5.74) is 1.42. The smallest absolute Gasteiger partial charge is 0.321 e. The number of aromatic nitrogens is 1. The lowest BCUT2D eigenvalue weighted by atomic mass is 10.2.